The summed E-state index contributed by atoms with van der Waals surface area (Å²) in [6, 6.07) is 0. The molecular weight excluding hydrogens is 232 g/mol. The molecule has 10 heteroatoms. The second kappa shape index (κ2) is 3.50. The van der Waals surface area contributed by atoms with Gasteiger partial charge in [-0.3, -0.25) is 4.74 Å². The molecule has 0 radical (unpaired) electrons. The maximum atomic E-state index is 11.9. The van der Waals surface area contributed by atoms with Gasteiger partial charge in [-0.25, -0.2) is 0 Å². The van der Waals surface area contributed by atoms with Crippen molar-refractivity contribution in [3.05, 3.63) is 0 Å². The first-order chi connectivity index (χ1) is 5.92. The molecule has 0 heterocycles. The Labute approximate surface area is 71.1 Å². The van der Waals surface area contributed by atoms with E-state index in [1.165, 1.54) is 0 Å². The third kappa shape index (κ3) is 2.44. The normalized spacial score (nSPS) is 15.0. The Kier molecular flexibility index (Phi) is 3.34. The topological polar surface area (TPSA) is 29.5 Å². The quantitative estimate of drug-likeness (QED) is 0.754. The number of halogens is 8. The Hall–Kier alpha value is -0.640. The number of rotatable bonds is 4. The molecule has 0 aliphatic heterocycles. The molecule has 0 aromatic carbocycles. The molecule has 0 saturated heterocycles. The fourth-order valence-corrected chi connectivity index (χ4v) is 0.361. The van der Waals surface area contributed by atoms with Crippen LogP contribution in [-0.4, -0.2) is 29.9 Å². The van der Waals surface area contributed by atoms with Crippen molar-refractivity contribution in [3.63, 3.8) is 0 Å². The van der Waals surface area contributed by atoms with E-state index >= 15 is 0 Å². The Morgan fingerprint density at radius 3 is 1.50 bits per heavy atom. The van der Waals surface area contributed by atoms with E-state index < -0.39 is 24.8 Å². The molecule has 0 fully saturated rings. The van der Waals surface area contributed by atoms with E-state index in [1.807, 2.05) is 4.74 Å². The van der Waals surface area contributed by atoms with Crippen LogP contribution < -0.4 is 0 Å². The highest BCUT2D eigenvalue weighted by Crippen LogP contribution is 2.45. The maximum absolute atomic E-state index is 11.9. The van der Waals surface area contributed by atoms with Crippen molar-refractivity contribution in [2.75, 3.05) is 0 Å². The van der Waals surface area contributed by atoms with Gasteiger partial charge >= 0.3 is 24.8 Å². The van der Waals surface area contributed by atoms with Crippen LogP contribution in [0.5, 0.6) is 0 Å². The van der Waals surface area contributed by atoms with Crippen molar-refractivity contribution in [2.45, 2.75) is 24.8 Å². The number of hydrogen-bond donors (Lipinski definition) is 1. The lowest BCUT2D eigenvalue weighted by atomic mass is 10.3. The summed E-state index contributed by atoms with van der Waals surface area (Å²) in [5.74, 6) is -6.45. The standard InChI is InChI=1S/C4H2F8O2/c5-1(6)14-4(11,12)2(7,8)3(9,10)13/h1,13H. The lowest BCUT2D eigenvalue weighted by Crippen LogP contribution is -2.55. The summed E-state index contributed by atoms with van der Waals surface area (Å²) in [5, 5.41) is 7.31. The largest absolute Gasteiger partial charge is 0.432 e. The third-order valence-corrected chi connectivity index (χ3v) is 0.980. The van der Waals surface area contributed by atoms with Crippen LogP contribution in [0.4, 0.5) is 35.1 Å². The highest BCUT2D eigenvalue weighted by molar-refractivity contribution is 4.84. The molecule has 0 bridgehead atoms. The van der Waals surface area contributed by atoms with E-state index in [2.05, 4.69) is 0 Å². The summed E-state index contributed by atoms with van der Waals surface area (Å²) in [5.41, 5.74) is 0. The summed E-state index contributed by atoms with van der Waals surface area (Å²) >= 11 is 0. The van der Waals surface area contributed by atoms with E-state index in [4.69, 9.17) is 5.11 Å². The molecule has 1 N–H and O–H groups in total. The second-order valence-corrected chi connectivity index (χ2v) is 2.01. The third-order valence-electron chi connectivity index (χ3n) is 0.980. The van der Waals surface area contributed by atoms with Crippen molar-refractivity contribution >= 4 is 0 Å². The lowest BCUT2D eigenvalue weighted by molar-refractivity contribution is -0.462. The molecule has 2 nitrogen and oxygen atoms in total. The van der Waals surface area contributed by atoms with E-state index in [0.29, 0.717) is 0 Å². The number of hydrogen-bond acceptors (Lipinski definition) is 2. The molecule has 0 rings (SSSR count). The minimum atomic E-state index is -6.45. The van der Waals surface area contributed by atoms with E-state index in [-0.39, 0.29) is 0 Å². The average Bonchev–Trinajstić information content (AvgIpc) is 1.80. The minimum Gasteiger partial charge on any atom is -0.331 e. The van der Waals surface area contributed by atoms with Crippen LogP contribution in [0.15, 0.2) is 0 Å². The molecule has 0 aromatic rings. The van der Waals surface area contributed by atoms with Crippen LogP contribution in [0.25, 0.3) is 0 Å². The monoisotopic (exact) mass is 234 g/mol. The van der Waals surface area contributed by atoms with Crippen LogP contribution in [0.2, 0.25) is 0 Å². The molecule has 0 atom stereocenters. The molecule has 0 amide bonds. The van der Waals surface area contributed by atoms with Gasteiger partial charge in [-0.15, -0.1) is 0 Å². The Morgan fingerprint density at radius 2 is 1.29 bits per heavy atom. The van der Waals surface area contributed by atoms with E-state index in [1.54, 1.807) is 0 Å². The molecule has 0 saturated carbocycles. The first-order valence-electron chi connectivity index (χ1n) is 2.73. The van der Waals surface area contributed by atoms with Crippen molar-refractivity contribution in [3.8, 4) is 0 Å². The van der Waals surface area contributed by atoms with Gasteiger partial charge in [0.25, 0.3) is 0 Å². The summed E-state index contributed by atoms with van der Waals surface area (Å²) in [6.07, 6.45) is -12.4. The van der Waals surface area contributed by atoms with Gasteiger partial charge in [-0.2, -0.15) is 35.1 Å². The first-order valence-corrected chi connectivity index (χ1v) is 2.73. The average molecular weight is 234 g/mol. The molecule has 14 heavy (non-hydrogen) atoms. The smallest absolute Gasteiger partial charge is 0.331 e. The molecule has 0 aliphatic rings. The summed E-state index contributed by atoms with van der Waals surface area (Å²) in [7, 11) is 0. The van der Waals surface area contributed by atoms with Crippen LogP contribution >= 0.6 is 0 Å². The molecule has 0 spiro atoms. The van der Waals surface area contributed by atoms with Gasteiger partial charge < -0.3 is 5.11 Å². The van der Waals surface area contributed by atoms with Gasteiger partial charge in [-0.05, 0) is 0 Å². The van der Waals surface area contributed by atoms with Gasteiger partial charge in [0.05, 0.1) is 0 Å². The second-order valence-electron chi connectivity index (χ2n) is 2.01. The zero-order valence-corrected chi connectivity index (χ0v) is 5.96. The van der Waals surface area contributed by atoms with Crippen molar-refractivity contribution < 1.29 is 45.0 Å². The van der Waals surface area contributed by atoms with Crippen molar-refractivity contribution in [2.24, 2.45) is 0 Å². The van der Waals surface area contributed by atoms with Gasteiger partial charge in [0.1, 0.15) is 0 Å². The highest BCUT2D eigenvalue weighted by atomic mass is 19.4. The fraction of sp³-hybridized carbons (Fsp3) is 1.00. The Morgan fingerprint density at radius 1 is 0.929 bits per heavy atom. The number of ether oxygens (including phenoxy) is 1. The zero-order valence-electron chi connectivity index (χ0n) is 5.96. The fourth-order valence-electron chi connectivity index (χ4n) is 0.361. The zero-order chi connectivity index (χ0) is 11.8. The van der Waals surface area contributed by atoms with Gasteiger partial charge in [-0.1, -0.05) is 0 Å². The van der Waals surface area contributed by atoms with Gasteiger partial charge in [0, 0.05) is 0 Å². The molecular formula is C4H2F8O2. The summed E-state index contributed by atoms with van der Waals surface area (Å²) < 4.78 is 94.5. The molecule has 0 unspecified atom stereocenters. The number of aliphatic hydroxyl groups is 1. The van der Waals surface area contributed by atoms with Crippen molar-refractivity contribution in [1.29, 1.82) is 0 Å². The van der Waals surface area contributed by atoms with Crippen LogP contribution in [-0.2, 0) is 4.74 Å². The summed E-state index contributed by atoms with van der Waals surface area (Å²) in [4.78, 5) is 0. The van der Waals surface area contributed by atoms with Gasteiger partial charge in [0.15, 0.2) is 0 Å². The number of alkyl halides is 8. The Balaban J connectivity index is 4.88. The Bertz CT molecular complexity index is 196. The SMILES string of the molecule is OC(F)(F)C(F)(F)C(F)(F)OC(F)F. The molecule has 86 valence electrons. The predicted octanol–water partition coefficient (Wildman–Crippen LogP) is 2.04. The van der Waals surface area contributed by atoms with Crippen LogP contribution in [0.3, 0.4) is 0 Å². The van der Waals surface area contributed by atoms with Gasteiger partial charge in [0.2, 0.25) is 0 Å². The molecule has 0 aromatic heterocycles. The lowest BCUT2D eigenvalue weighted by Gasteiger charge is -2.28. The van der Waals surface area contributed by atoms with E-state index in [0.717, 1.165) is 0 Å². The highest BCUT2D eigenvalue weighted by Gasteiger charge is 2.74. The van der Waals surface area contributed by atoms with E-state index in [9.17, 15) is 35.1 Å². The van der Waals surface area contributed by atoms with Crippen LogP contribution in [0.1, 0.15) is 0 Å². The van der Waals surface area contributed by atoms with Crippen LogP contribution in [0, 0.1) is 0 Å². The maximum Gasteiger partial charge on any atom is 0.432 e. The molecule has 0 aliphatic carbocycles. The van der Waals surface area contributed by atoms with Crippen molar-refractivity contribution in [1.82, 2.24) is 0 Å². The predicted molar refractivity (Wildman–Crippen MR) is 24.1 cm³/mol. The summed E-state index contributed by atoms with van der Waals surface area (Å²) in [6.45, 7) is -4.39. The minimum absolute atomic E-state index is 1.97. The first kappa shape index (κ1) is 13.4.